The van der Waals surface area contributed by atoms with E-state index in [2.05, 4.69) is 5.32 Å². The molecule has 0 amide bonds. The number of nitrogens with one attached hydrogen (secondary N) is 1. The first-order chi connectivity index (χ1) is 7.69. The summed E-state index contributed by atoms with van der Waals surface area (Å²) in [7, 11) is 1.64. The standard InChI is InChI=1S/C12H19ClN2O/c1-9-7-11(15-6-4-3-5-14)12(16-2)8-10(9)13/h7-8,15H,3-6,14H2,1-2H3. The number of unbranched alkanes of at least 4 members (excludes halogenated alkanes) is 1. The summed E-state index contributed by atoms with van der Waals surface area (Å²) >= 11 is 6.02. The van der Waals surface area contributed by atoms with Gasteiger partial charge in [0.15, 0.2) is 0 Å². The van der Waals surface area contributed by atoms with E-state index in [4.69, 9.17) is 22.1 Å². The Morgan fingerprint density at radius 2 is 2.12 bits per heavy atom. The first-order valence-corrected chi connectivity index (χ1v) is 5.85. The van der Waals surface area contributed by atoms with Crippen LogP contribution in [-0.2, 0) is 0 Å². The molecule has 0 spiro atoms. The van der Waals surface area contributed by atoms with Gasteiger partial charge in [-0.25, -0.2) is 0 Å². The Kier molecular flexibility index (Phi) is 5.43. The molecule has 0 saturated heterocycles. The summed E-state index contributed by atoms with van der Waals surface area (Å²) in [5, 5.41) is 4.05. The number of methoxy groups -OCH3 is 1. The van der Waals surface area contributed by atoms with Crippen molar-refractivity contribution in [3.05, 3.63) is 22.7 Å². The van der Waals surface area contributed by atoms with Gasteiger partial charge in [0, 0.05) is 17.6 Å². The average molecular weight is 243 g/mol. The van der Waals surface area contributed by atoms with Crippen LogP contribution in [0.2, 0.25) is 5.02 Å². The quantitative estimate of drug-likeness (QED) is 0.755. The molecule has 1 aromatic carbocycles. The predicted octanol–water partition coefficient (Wildman–Crippen LogP) is 2.81. The first-order valence-electron chi connectivity index (χ1n) is 5.47. The number of anilines is 1. The van der Waals surface area contributed by atoms with E-state index in [0.29, 0.717) is 0 Å². The summed E-state index contributed by atoms with van der Waals surface area (Å²) in [5.74, 6) is 0.781. The van der Waals surface area contributed by atoms with Gasteiger partial charge in [-0.2, -0.15) is 0 Å². The zero-order valence-corrected chi connectivity index (χ0v) is 10.6. The number of hydrogen-bond donors (Lipinski definition) is 2. The topological polar surface area (TPSA) is 47.3 Å². The second-order valence-electron chi connectivity index (χ2n) is 3.72. The third-order valence-electron chi connectivity index (χ3n) is 2.43. The summed E-state index contributed by atoms with van der Waals surface area (Å²) in [4.78, 5) is 0. The highest BCUT2D eigenvalue weighted by Crippen LogP contribution is 2.30. The maximum atomic E-state index is 6.02. The average Bonchev–Trinajstić information content (AvgIpc) is 2.28. The Balaban J connectivity index is 2.66. The van der Waals surface area contributed by atoms with Crippen LogP contribution in [0.5, 0.6) is 5.75 Å². The lowest BCUT2D eigenvalue weighted by molar-refractivity contribution is 0.416. The molecule has 0 unspecified atom stereocenters. The summed E-state index contributed by atoms with van der Waals surface area (Å²) in [6.45, 7) is 3.61. The lowest BCUT2D eigenvalue weighted by Crippen LogP contribution is -2.06. The van der Waals surface area contributed by atoms with Crippen molar-refractivity contribution in [2.75, 3.05) is 25.5 Å². The molecular formula is C12H19ClN2O. The minimum absolute atomic E-state index is 0.726. The number of hydrogen-bond acceptors (Lipinski definition) is 3. The Bertz CT molecular complexity index is 342. The molecule has 1 aromatic rings. The molecule has 90 valence electrons. The van der Waals surface area contributed by atoms with Gasteiger partial charge in [0.05, 0.1) is 12.8 Å². The second kappa shape index (κ2) is 6.61. The van der Waals surface area contributed by atoms with E-state index in [0.717, 1.165) is 48.0 Å². The summed E-state index contributed by atoms with van der Waals surface area (Å²) in [6.07, 6.45) is 2.09. The summed E-state index contributed by atoms with van der Waals surface area (Å²) < 4.78 is 5.27. The fourth-order valence-corrected chi connectivity index (χ4v) is 1.62. The molecule has 0 bridgehead atoms. The van der Waals surface area contributed by atoms with Crippen LogP contribution in [0.25, 0.3) is 0 Å². The van der Waals surface area contributed by atoms with Crippen molar-refractivity contribution in [3.8, 4) is 5.75 Å². The molecule has 3 nitrogen and oxygen atoms in total. The minimum Gasteiger partial charge on any atom is -0.495 e. The maximum absolute atomic E-state index is 6.02. The first kappa shape index (κ1) is 13.1. The van der Waals surface area contributed by atoms with E-state index in [9.17, 15) is 0 Å². The molecule has 0 aliphatic heterocycles. The highest BCUT2D eigenvalue weighted by Gasteiger charge is 2.05. The monoisotopic (exact) mass is 242 g/mol. The van der Waals surface area contributed by atoms with E-state index in [1.807, 2.05) is 19.1 Å². The highest BCUT2D eigenvalue weighted by atomic mass is 35.5. The van der Waals surface area contributed by atoms with E-state index in [1.54, 1.807) is 7.11 Å². The lowest BCUT2D eigenvalue weighted by Gasteiger charge is -2.12. The van der Waals surface area contributed by atoms with E-state index in [1.165, 1.54) is 0 Å². The van der Waals surface area contributed by atoms with Crippen molar-refractivity contribution >= 4 is 17.3 Å². The zero-order chi connectivity index (χ0) is 12.0. The van der Waals surface area contributed by atoms with E-state index in [-0.39, 0.29) is 0 Å². The lowest BCUT2D eigenvalue weighted by atomic mass is 10.2. The van der Waals surface area contributed by atoms with Gasteiger partial charge in [0.2, 0.25) is 0 Å². The zero-order valence-electron chi connectivity index (χ0n) is 9.85. The molecule has 16 heavy (non-hydrogen) atoms. The molecule has 0 fully saturated rings. The van der Waals surface area contributed by atoms with Crippen LogP contribution in [0.4, 0.5) is 5.69 Å². The molecule has 3 N–H and O–H groups in total. The van der Waals surface area contributed by atoms with Crippen molar-refractivity contribution in [2.45, 2.75) is 19.8 Å². The van der Waals surface area contributed by atoms with Gasteiger partial charge in [-0.15, -0.1) is 0 Å². The van der Waals surface area contributed by atoms with Crippen LogP contribution < -0.4 is 15.8 Å². The van der Waals surface area contributed by atoms with Gasteiger partial charge in [0.25, 0.3) is 0 Å². The van der Waals surface area contributed by atoms with Crippen LogP contribution in [0.3, 0.4) is 0 Å². The van der Waals surface area contributed by atoms with Crippen LogP contribution in [0.1, 0.15) is 18.4 Å². The summed E-state index contributed by atoms with van der Waals surface area (Å²) in [6, 6.07) is 3.84. The van der Waals surface area contributed by atoms with Crippen LogP contribution in [0, 0.1) is 6.92 Å². The number of ether oxygens (including phenoxy) is 1. The number of aryl methyl sites for hydroxylation is 1. The van der Waals surface area contributed by atoms with Crippen molar-refractivity contribution in [1.82, 2.24) is 0 Å². The molecule has 0 atom stereocenters. The van der Waals surface area contributed by atoms with Crippen molar-refractivity contribution in [3.63, 3.8) is 0 Å². The Morgan fingerprint density at radius 1 is 1.38 bits per heavy atom. The molecule has 1 rings (SSSR count). The van der Waals surface area contributed by atoms with Crippen LogP contribution in [0.15, 0.2) is 12.1 Å². The van der Waals surface area contributed by atoms with Crippen molar-refractivity contribution in [1.29, 1.82) is 0 Å². The molecule has 0 radical (unpaired) electrons. The van der Waals surface area contributed by atoms with Crippen LogP contribution in [-0.4, -0.2) is 20.2 Å². The van der Waals surface area contributed by atoms with Gasteiger partial charge < -0.3 is 15.8 Å². The molecule has 0 aromatic heterocycles. The van der Waals surface area contributed by atoms with E-state index < -0.39 is 0 Å². The number of nitrogens with two attached hydrogens (primary N) is 1. The second-order valence-corrected chi connectivity index (χ2v) is 4.13. The van der Waals surface area contributed by atoms with Gasteiger partial charge in [-0.1, -0.05) is 11.6 Å². The number of rotatable bonds is 6. The Hall–Kier alpha value is -0.930. The summed E-state index contributed by atoms with van der Waals surface area (Å²) in [5.41, 5.74) is 7.47. The Labute approximate surface area is 102 Å². The molecule has 0 aliphatic carbocycles. The van der Waals surface area contributed by atoms with Gasteiger partial charge in [-0.3, -0.25) is 0 Å². The molecule has 0 saturated carbocycles. The number of benzene rings is 1. The SMILES string of the molecule is COc1cc(Cl)c(C)cc1NCCCCN. The maximum Gasteiger partial charge on any atom is 0.143 e. The smallest absolute Gasteiger partial charge is 0.143 e. The molecule has 0 aliphatic rings. The largest absolute Gasteiger partial charge is 0.495 e. The molecular weight excluding hydrogens is 224 g/mol. The Morgan fingerprint density at radius 3 is 2.75 bits per heavy atom. The normalized spacial score (nSPS) is 10.2. The third-order valence-corrected chi connectivity index (χ3v) is 2.83. The highest BCUT2D eigenvalue weighted by molar-refractivity contribution is 6.31. The fourth-order valence-electron chi connectivity index (χ4n) is 1.46. The van der Waals surface area contributed by atoms with Crippen LogP contribution >= 0.6 is 11.6 Å². The van der Waals surface area contributed by atoms with Crippen molar-refractivity contribution < 1.29 is 4.74 Å². The molecule has 0 heterocycles. The third kappa shape index (κ3) is 3.58. The van der Waals surface area contributed by atoms with E-state index >= 15 is 0 Å². The van der Waals surface area contributed by atoms with Crippen molar-refractivity contribution in [2.24, 2.45) is 5.73 Å². The van der Waals surface area contributed by atoms with Gasteiger partial charge >= 0.3 is 0 Å². The fraction of sp³-hybridized carbons (Fsp3) is 0.500. The minimum atomic E-state index is 0.726. The number of halogens is 1. The van der Waals surface area contributed by atoms with Gasteiger partial charge in [-0.05, 0) is 37.9 Å². The van der Waals surface area contributed by atoms with Gasteiger partial charge in [0.1, 0.15) is 5.75 Å². The molecule has 4 heteroatoms. The predicted molar refractivity (Wildman–Crippen MR) is 69.5 cm³/mol.